The minimum absolute atomic E-state index is 0.0110. The third-order valence-corrected chi connectivity index (χ3v) is 16.3. The highest BCUT2D eigenvalue weighted by Crippen LogP contribution is 2.90. The average molecular weight is 679 g/mol. The Kier molecular flexibility index (Phi) is 7.24. The zero-order valence-electron chi connectivity index (χ0n) is 29.8. The van der Waals surface area contributed by atoms with E-state index in [2.05, 4.69) is 34.6 Å². The molecule has 3 saturated heterocycles. The van der Waals surface area contributed by atoms with Gasteiger partial charge < -0.3 is 49.2 Å². The quantitative estimate of drug-likeness (QED) is 0.219. The van der Waals surface area contributed by atoms with Crippen LogP contribution < -0.4 is 0 Å². The van der Waals surface area contributed by atoms with Crippen molar-refractivity contribution < 1.29 is 54.0 Å². The van der Waals surface area contributed by atoms with Crippen LogP contribution in [0.15, 0.2) is 0 Å². The lowest BCUT2D eigenvalue weighted by Gasteiger charge is -2.65. The summed E-state index contributed by atoms with van der Waals surface area (Å²) < 4.78 is 31.7. The maximum absolute atomic E-state index is 12.8. The fourth-order valence-electron chi connectivity index (χ4n) is 14.4. The Balaban J connectivity index is 1.11. The maximum atomic E-state index is 12.8. The van der Waals surface area contributed by atoms with Gasteiger partial charge in [-0.15, -0.1) is 0 Å². The third-order valence-electron chi connectivity index (χ3n) is 16.3. The van der Waals surface area contributed by atoms with Crippen molar-refractivity contribution in [3.8, 4) is 0 Å². The van der Waals surface area contributed by atoms with Crippen molar-refractivity contribution in [1.82, 2.24) is 0 Å². The lowest BCUT2D eigenvalue weighted by molar-refractivity contribution is -0.304. The van der Waals surface area contributed by atoms with Crippen LogP contribution in [0.25, 0.3) is 0 Å². The second-order valence-electron chi connectivity index (χ2n) is 18.9. The number of hydrogen-bond donors (Lipinski definition) is 5. The van der Waals surface area contributed by atoms with Crippen LogP contribution in [-0.4, -0.2) is 105 Å². The molecule has 3 aliphatic heterocycles. The molecule has 0 radical (unpaired) electrons. The van der Waals surface area contributed by atoms with E-state index in [0.29, 0.717) is 18.8 Å². The highest BCUT2D eigenvalue weighted by atomic mass is 16.8. The number of ether oxygens (including phenoxy) is 5. The van der Waals surface area contributed by atoms with E-state index in [0.717, 1.165) is 32.1 Å². The average Bonchev–Trinajstić information content (AvgIpc) is 3.48. The number of fused-ring (bicyclic) bond motifs is 4. The van der Waals surface area contributed by atoms with Crippen LogP contribution in [-0.2, 0) is 28.5 Å². The lowest BCUT2D eigenvalue weighted by atomic mass is 9.40. The highest BCUT2D eigenvalue weighted by Gasteiger charge is 2.90. The van der Waals surface area contributed by atoms with Crippen molar-refractivity contribution in [2.45, 2.75) is 167 Å². The fraction of sp³-hybridized carbons (Fsp3) is 0.973. The number of carbonyl (C=O) groups is 1. The van der Waals surface area contributed by atoms with Crippen molar-refractivity contribution in [2.24, 2.45) is 50.7 Å². The van der Waals surface area contributed by atoms with E-state index in [1.54, 1.807) is 0 Å². The molecule has 11 nitrogen and oxygen atoms in total. The van der Waals surface area contributed by atoms with Crippen LogP contribution in [0.5, 0.6) is 0 Å². The van der Waals surface area contributed by atoms with Gasteiger partial charge in [0.2, 0.25) is 0 Å². The number of carbonyl (C=O) groups excluding carboxylic acids is 1. The first kappa shape index (κ1) is 34.2. The number of hydrogen-bond acceptors (Lipinski definition) is 11. The van der Waals surface area contributed by atoms with Crippen LogP contribution in [0.3, 0.4) is 0 Å². The summed E-state index contributed by atoms with van der Waals surface area (Å²) in [6.45, 7) is 16.1. The summed E-state index contributed by atoms with van der Waals surface area (Å²) in [5.74, 6) is -1.37. The van der Waals surface area contributed by atoms with Crippen molar-refractivity contribution in [3.63, 3.8) is 0 Å². The molecule has 2 bridgehead atoms. The minimum Gasteiger partial charge on any atom is -0.457 e. The molecule has 3 spiro atoms. The summed E-state index contributed by atoms with van der Waals surface area (Å²) in [5.41, 5.74) is -2.75. The monoisotopic (exact) mass is 678 g/mol. The van der Waals surface area contributed by atoms with E-state index >= 15 is 0 Å². The topological polar surface area (TPSA) is 164 Å². The second kappa shape index (κ2) is 10.2. The molecule has 272 valence electrons. The van der Waals surface area contributed by atoms with Crippen molar-refractivity contribution in [1.29, 1.82) is 0 Å². The number of rotatable bonds is 4. The zero-order valence-corrected chi connectivity index (χ0v) is 29.8. The molecule has 5 aliphatic carbocycles. The smallest absolute Gasteiger partial charge is 0.303 e. The summed E-state index contributed by atoms with van der Waals surface area (Å²) in [5, 5.41) is 56.2. The normalized spacial score (nSPS) is 59.4. The molecule has 0 aromatic rings. The fourth-order valence-corrected chi connectivity index (χ4v) is 14.4. The Morgan fingerprint density at radius 3 is 2.27 bits per heavy atom. The first-order chi connectivity index (χ1) is 22.2. The van der Waals surface area contributed by atoms with Gasteiger partial charge in [-0.3, -0.25) is 4.79 Å². The van der Waals surface area contributed by atoms with Gasteiger partial charge >= 0.3 is 5.97 Å². The Bertz CT molecular complexity index is 1350. The van der Waals surface area contributed by atoms with Gasteiger partial charge in [-0.2, -0.15) is 0 Å². The minimum atomic E-state index is -1.33. The first-order valence-corrected chi connectivity index (χ1v) is 18.5. The van der Waals surface area contributed by atoms with Gasteiger partial charge in [0.05, 0.1) is 24.9 Å². The Morgan fingerprint density at radius 1 is 0.896 bits per heavy atom. The summed E-state index contributed by atoms with van der Waals surface area (Å²) >= 11 is 0. The zero-order chi connectivity index (χ0) is 34.8. The van der Waals surface area contributed by atoms with E-state index in [4.69, 9.17) is 23.7 Å². The third kappa shape index (κ3) is 3.84. The van der Waals surface area contributed by atoms with Crippen molar-refractivity contribution in [2.75, 3.05) is 6.61 Å². The molecular formula is C37H58O11. The second-order valence-corrected chi connectivity index (χ2v) is 18.9. The molecule has 3 heterocycles. The van der Waals surface area contributed by atoms with Crippen LogP contribution >= 0.6 is 0 Å². The van der Waals surface area contributed by atoms with Gasteiger partial charge in [-0.1, -0.05) is 34.6 Å². The van der Waals surface area contributed by atoms with Crippen LogP contribution in [0, 0.1) is 50.7 Å². The Labute approximate surface area is 284 Å². The van der Waals surface area contributed by atoms with Gasteiger partial charge in [0.15, 0.2) is 12.1 Å². The first-order valence-electron chi connectivity index (χ1n) is 18.5. The van der Waals surface area contributed by atoms with Crippen molar-refractivity contribution in [3.05, 3.63) is 0 Å². The van der Waals surface area contributed by atoms with Crippen LogP contribution in [0.1, 0.15) is 100 Å². The van der Waals surface area contributed by atoms with Gasteiger partial charge in [0.1, 0.15) is 36.1 Å². The highest BCUT2D eigenvalue weighted by molar-refractivity contribution is 5.66. The Morgan fingerprint density at radius 2 is 1.58 bits per heavy atom. The van der Waals surface area contributed by atoms with Gasteiger partial charge in [-0.25, -0.2) is 0 Å². The maximum Gasteiger partial charge on any atom is 0.303 e. The van der Waals surface area contributed by atoms with Crippen LogP contribution in [0.4, 0.5) is 0 Å². The van der Waals surface area contributed by atoms with E-state index in [-0.39, 0.29) is 58.8 Å². The summed E-state index contributed by atoms with van der Waals surface area (Å²) in [6.07, 6.45) is -1.69. The van der Waals surface area contributed by atoms with Crippen LogP contribution in [0.2, 0.25) is 0 Å². The SMILES string of the molecule is CC(=O)OC(C)(C)[C@H]1O[C@@]23O[C@@H]1C[C@@H](C)[C@H]2[C@@]1(C)[C@H](O)C[C@@]24C[C@@]25CC[C@H](O[C@@H]2OC[C@H](O)[C@H](O)[C@H]2O)C(C)(C)[C@H]5CC[C@@H]4[C@]1(C)[C@H]3O. The lowest BCUT2D eigenvalue weighted by Crippen LogP contribution is -2.64. The van der Waals surface area contributed by atoms with Gasteiger partial charge in [0, 0.05) is 23.7 Å². The molecule has 8 rings (SSSR count). The molecule has 0 aromatic carbocycles. The Hall–Kier alpha value is -0.890. The summed E-state index contributed by atoms with van der Waals surface area (Å²) in [7, 11) is 0. The predicted octanol–water partition coefficient (Wildman–Crippen LogP) is 2.66. The molecule has 8 fully saturated rings. The van der Waals surface area contributed by atoms with E-state index in [1.807, 2.05) is 13.8 Å². The van der Waals surface area contributed by atoms with Gasteiger partial charge in [-0.05, 0) is 92.8 Å². The van der Waals surface area contributed by atoms with E-state index < -0.39 is 65.1 Å². The summed E-state index contributed by atoms with van der Waals surface area (Å²) in [6, 6.07) is 0. The largest absolute Gasteiger partial charge is 0.457 e. The molecule has 0 aromatic heterocycles. The molecular weight excluding hydrogens is 620 g/mol. The molecule has 0 unspecified atom stereocenters. The van der Waals surface area contributed by atoms with Gasteiger partial charge in [0.25, 0.3) is 0 Å². The molecule has 0 amide bonds. The molecule has 5 saturated carbocycles. The molecule has 48 heavy (non-hydrogen) atoms. The molecule has 18 atom stereocenters. The van der Waals surface area contributed by atoms with E-state index in [9.17, 15) is 30.3 Å². The van der Waals surface area contributed by atoms with Crippen molar-refractivity contribution >= 4 is 5.97 Å². The molecule has 11 heteroatoms. The van der Waals surface area contributed by atoms with E-state index in [1.165, 1.54) is 6.92 Å². The number of aliphatic hydroxyl groups is 5. The number of aliphatic hydroxyl groups excluding tert-OH is 5. The predicted molar refractivity (Wildman–Crippen MR) is 170 cm³/mol. The summed E-state index contributed by atoms with van der Waals surface area (Å²) in [4.78, 5) is 12.1. The molecule has 5 N–H and O–H groups in total. The standard InChI is InChI=1S/C37H58O11/c1-17-13-20-28(32(5,6)46-18(2)38)48-37(47-20)27(17)34(8)23(40)14-36-16-35(36)12-11-24(45-29-26(42)25(41)19(39)15-44-29)31(3,4)21(35)9-10-22(36)33(34,7)30(37)43/h17,19-30,39-43H,9-16H2,1-8H3/t17-,19+,20-,21-,22-,23-,24+,25+,26-,27+,28+,29+,30-,33-,34-,35-,36+,37+/m1/s1. The molecule has 8 aliphatic rings. The number of esters is 1.